The van der Waals surface area contributed by atoms with Crippen LogP contribution in [0.15, 0.2) is 4.99 Å². The molecular formula is C11H21IN4O. The summed E-state index contributed by atoms with van der Waals surface area (Å²) in [5.74, 6) is 1.02. The molecule has 1 unspecified atom stereocenters. The molecule has 1 heterocycles. The molecule has 0 radical (unpaired) electrons. The van der Waals surface area contributed by atoms with E-state index in [2.05, 4.69) is 20.9 Å². The van der Waals surface area contributed by atoms with Gasteiger partial charge >= 0.3 is 0 Å². The van der Waals surface area contributed by atoms with E-state index in [9.17, 15) is 4.79 Å². The van der Waals surface area contributed by atoms with Crippen LogP contribution in [0.3, 0.4) is 0 Å². The Labute approximate surface area is 119 Å². The molecule has 0 spiro atoms. The van der Waals surface area contributed by atoms with Crippen molar-refractivity contribution >= 4 is 35.8 Å². The van der Waals surface area contributed by atoms with Crippen molar-refractivity contribution in [1.29, 1.82) is 0 Å². The second-order valence-electron chi connectivity index (χ2n) is 4.53. The summed E-state index contributed by atoms with van der Waals surface area (Å²) in [4.78, 5) is 15.2. The lowest BCUT2D eigenvalue weighted by Crippen LogP contribution is -2.54. The SMILES string of the molecule is CN=C(NC1CCC1)NC1CCC(=O)NC1.I. The fraction of sp³-hybridized carbons (Fsp3) is 0.818. The third-order valence-electron chi connectivity index (χ3n) is 3.28. The molecule has 2 aliphatic rings. The molecule has 6 heteroatoms. The van der Waals surface area contributed by atoms with Crippen molar-refractivity contribution in [3.8, 4) is 0 Å². The van der Waals surface area contributed by atoms with Gasteiger partial charge in [-0.3, -0.25) is 9.79 Å². The maximum absolute atomic E-state index is 11.0. The van der Waals surface area contributed by atoms with E-state index in [-0.39, 0.29) is 29.9 Å². The highest BCUT2D eigenvalue weighted by Gasteiger charge is 2.22. The zero-order valence-electron chi connectivity index (χ0n) is 10.2. The van der Waals surface area contributed by atoms with E-state index in [0.717, 1.165) is 12.4 Å². The van der Waals surface area contributed by atoms with Crippen LogP contribution in [-0.4, -0.2) is 37.5 Å². The fourth-order valence-corrected chi connectivity index (χ4v) is 1.97. The molecule has 0 bridgehead atoms. The standard InChI is InChI=1S/C11H20N4O.HI/c1-12-11(14-8-3-2-4-8)15-9-5-6-10(16)13-7-9;/h8-9H,2-7H2,1H3,(H,13,16)(H2,12,14,15);1H. The number of guanidine groups is 1. The minimum absolute atomic E-state index is 0. The lowest BCUT2D eigenvalue weighted by atomic mass is 9.93. The summed E-state index contributed by atoms with van der Waals surface area (Å²) in [5, 5.41) is 9.60. The van der Waals surface area contributed by atoms with Gasteiger partial charge in [-0.1, -0.05) is 0 Å². The molecule has 2 fully saturated rings. The first kappa shape index (κ1) is 14.5. The molecule has 5 nitrogen and oxygen atoms in total. The van der Waals surface area contributed by atoms with Crippen LogP contribution in [0, 0.1) is 0 Å². The van der Waals surface area contributed by atoms with Crippen molar-refractivity contribution in [1.82, 2.24) is 16.0 Å². The number of hydrogen-bond donors (Lipinski definition) is 3. The van der Waals surface area contributed by atoms with Gasteiger partial charge in [-0.2, -0.15) is 0 Å². The van der Waals surface area contributed by atoms with Crippen LogP contribution in [0.1, 0.15) is 32.1 Å². The normalized spacial score (nSPS) is 25.4. The molecule has 0 aromatic rings. The number of nitrogens with one attached hydrogen (secondary N) is 3. The summed E-state index contributed by atoms with van der Waals surface area (Å²) >= 11 is 0. The first-order valence-electron chi connectivity index (χ1n) is 6.04. The Morgan fingerprint density at radius 1 is 1.29 bits per heavy atom. The van der Waals surface area contributed by atoms with Gasteiger partial charge in [-0.15, -0.1) is 24.0 Å². The molecule has 3 N–H and O–H groups in total. The monoisotopic (exact) mass is 352 g/mol. The molecule has 1 aliphatic heterocycles. The van der Waals surface area contributed by atoms with Crippen molar-refractivity contribution < 1.29 is 4.79 Å². The summed E-state index contributed by atoms with van der Waals surface area (Å²) < 4.78 is 0. The van der Waals surface area contributed by atoms with Gasteiger partial charge in [0, 0.05) is 32.1 Å². The zero-order chi connectivity index (χ0) is 11.4. The zero-order valence-corrected chi connectivity index (χ0v) is 12.5. The summed E-state index contributed by atoms with van der Waals surface area (Å²) in [6, 6.07) is 0.897. The third-order valence-corrected chi connectivity index (χ3v) is 3.28. The molecule has 98 valence electrons. The van der Waals surface area contributed by atoms with E-state index in [4.69, 9.17) is 0 Å². The summed E-state index contributed by atoms with van der Waals surface area (Å²) in [5.41, 5.74) is 0. The first-order valence-corrected chi connectivity index (χ1v) is 6.04. The molecule has 2 rings (SSSR count). The number of nitrogens with zero attached hydrogens (tertiary/aromatic N) is 1. The molecule has 1 aliphatic carbocycles. The van der Waals surface area contributed by atoms with Crippen LogP contribution in [-0.2, 0) is 4.79 Å². The van der Waals surface area contributed by atoms with Gasteiger partial charge in [-0.25, -0.2) is 0 Å². The Balaban J connectivity index is 0.00000144. The van der Waals surface area contributed by atoms with Crippen molar-refractivity contribution in [2.45, 2.75) is 44.2 Å². The lowest BCUT2D eigenvalue weighted by Gasteiger charge is -2.31. The second kappa shape index (κ2) is 7.03. The van der Waals surface area contributed by atoms with E-state index >= 15 is 0 Å². The predicted molar refractivity (Wildman–Crippen MR) is 78.7 cm³/mol. The van der Waals surface area contributed by atoms with Crippen molar-refractivity contribution in [3.63, 3.8) is 0 Å². The Hall–Kier alpha value is -0.530. The Bertz CT molecular complexity index is 281. The number of hydrogen-bond acceptors (Lipinski definition) is 2. The van der Waals surface area contributed by atoms with Gasteiger partial charge in [0.25, 0.3) is 0 Å². The second-order valence-corrected chi connectivity index (χ2v) is 4.53. The van der Waals surface area contributed by atoms with Crippen LogP contribution in [0.2, 0.25) is 0 Å². The molecule has 1 saturated carbocycles. The van der Waals surface area contributed by atoms with Crippen LogP contribution in [0.25, 0.3) is 0 Å². The quantitative estimate of drug-likeness (QED) is 0.387. The van der Waals surface area contributed by atoms with E-state index in [1.54, 1.807) is 7.05 Å². The number of halogens is 1. The molecule has 17 heavy (non-hydrogen) atoms. The van der Waals surface area contributed by atoms with Crippen LogP contribution < -0.4 is 16.0 Å². The van der Waals surface area contributed by atoms with Gasteiger partial charge in [0.1, 0.15) is 0 Å². The minimum Gasteiger partial charge on any atom is -0.354 e. The maximum atomic E-state index is 11.0. The first-order chi connectivity index (χ1) is 7.78. The van der Waals surface area contributed by atoms with Crippen LogP contribution >= 0.6 is 24.0 Å². The molecule has 0 aromatic heterocycles. The average molecular weight is 352 g/mol. The number of carbonyl (C=O) groups excluding carboxylic acids is 1. The van der Waals surface area contributed by atoms with Crippen molar-refractivity contribution in [2.75, 3.05) is 13.6 Å². The molecule has 1 saturated heterocycles. The van der Waals surface area contributed by atoms with E-state index in [0.29, 0.717) is 25.0 Å². The summed E-state index contributed by atoms with van der Waals surface area (Å²) in [6.07, 6.45) is 5.29. The van der Waals surface area contributed by atoms with Crippen molar-refractivity contribution in [2.24, 2.45) is 4.99 Å². The van der Waals surface area contributed by atoms with E-state index < -0.39 is 0 Å². The number of piperidine rings is 1. The highest BCUT2D eigenvalue weighted by molar-refractivity contribution is 14.0. The van der Waals surface area contributed by atoms with Gasteiger partial charge in [0.15, 0.2) is 5.96 Å². The molecule has 0 aromatic carbocycles. The highest BCUT2D eigenvalue weighted by Crippen LogP contribution is 2.17. The number of aliphatic imine (C=N–C) groups is 1. The van der Waals surface area contributed by atoms with Gasteiger partial charge in [-0.05, 0) is 25.7 Å². The van der Waals surface area contributed by atoms with E-state index in [1.807, 2.05) is 0 Å². The minimum atomic E-state index is 0. The Morgan fingerprint density at radius 3 is 2.47 bits per heavy atom. The van der Waals surface area contributed by atoms with E-state index in [1.165, 1.54) is 19.3 Å². The van der Waals surface area contributed by atoms with Gasteiger partial charge in [0.2, 0.25) is 5.91 Å². The molecular weight excluding hydrogens is 331 g/mol. The Morgan fingerprint density at radius 2 is 2.00 bits per heavy atom. The predicted octanol–water partition coefficient (Wildman–Crippen LogP) is 0.600. The lowest BCUT2D eigenvalue weighted by molar-refractivity contribution is -0.122. The van der Waals surface area contributed by atoms with Crippen molar-refractivity contribution in [3.05, 3.63) is 0 Å². The van der Waals surface area contributed by atoms with Crippen LogP contribution in [0.5, 0.6) is 0 Å². The van der Waals surface area contributed by atoms with Gasteiger partial charge in [0.05, 0.1) is 0 Å². The topological polar surface area (TPSA) is 65.5 Å². The largest absolute Gasteiger partial charge is 0.354 e. The summed E-state index contributed by atoms with van der Waals surface area (Å²) in [6.45, 7) is 0.699. The highest BCUT2D eigenvalue weighted by atomic mass is 127. The smallest absolute Gasteiger partial charge is 0.220 e. The summed E-state index contributed by atoms with van der Waals surface area (Å²) in [7, 11) is 1.79. The number of amides is 1. The molecule has 1 atom stereocenters. The third kappa shape index (κ3) is 4.33. The molecule has 1 amide bonds. The number of rotatable bonds is 2. The van der Waals surface area contributed by atoms with Gasteiger partial charge < -0.3 is 16.0 Å². The maximum Gasteiger partial charge on any atom is 0.220 e. The Kier molecular flexibility index (Phi) is 6.01. The number of carbonyl (C=O) groups is 1. The van der Waals surface area contributed by atoms with Crippen LogP contribution in [0.4, 0.5) is 0 Å². The average Bonchev–Trinajstić information content (AvgIpc) is 2.24. The fourth-order valence-electron chi connectivity index (χ4n) is 1.97.